The average molecular weight is 346 g/mol. The Morgan fingerprint density at radius 1 is 1.10 bits per heavy atom. The molecule has 1 nitrogen and oxygen atoms in total. The molecule has 2 aromatic rings. The summed E-state index contributed by atoms with van der Waals surface area (Å²) in [5.41, 5.74) is 5.34. The van der Waals surface area contributed by atoms with Gasteiger partial charge in [-0.3, -0.25) is 0 Å². The van der Waals surface area contributed by atoms with Gasteiger partial charge < -0.3 is 5.32 Å². The molecule has 0 aliphatic rings. The van der Waals surface area contributed by atoms with Crippen LogP contribution in [0.3, 0.4) is 0 Å². The highest BCUT2D eigenvalue weighted by molar-refractivity contribution is 9.10. The number of hydrogen-bond acceptors (Lipinski definition) is 1. The Kier molecular flexibility index (Phi) is 6.01. The molecule has 0 aliphatic carbocycles. The molecule has 0 fully saturated rings. The summed E-state index contributed by atoms with van der Waals surface area (Å²) in [4.78, 5) is 0. The third-order valence-corrected chi connectivity index (χ3v) is 4.48. The zero-order valence-electron chi connectivity index (χ0n) is 13.1. The molecule has 1 atom stereocenters. The number of halogens is 1. The lowest BCUT2D eigenvalue weighted by Crippen LogP contribution is -2.23. The van der Waals surface area contributed by atoms with E-state index >= 15 is 0 Å². The average Bonchev–Trinajstić information content (AvgIpc) is 2.51. The van der Waals surface area contributed by atoms with E-state index in [1.165, 1.54) is 26.7 Å². The van der Waals surface area contributed by atoms with E-state index in [0.29, 0.717) is 0 Å². The lowest BCUT2D eigenvalue weighted by atomic mass is 9.95. The second-order valence-electron chi connectivity index (χ2n) is 5.51. The Morgan fingerprint density at radius 3 is 2.62 bits per heavy atom. The maximum absolute atomic E-state index is 3.72. The van der Waals surface area contributed by atoms with E-state index in [2.05, 4.69) is 84.5 Å². The molecule has 0 heterocycles. The topological polar surface area (TPSA) is 12.0 Å². The first-order valence-electron chi connectivity index (χ1n) is 7.74. The molecule has 0 aromatic heterocycles. The van der Waals surface area contributed by atoms with Crippen molar-refractivity contribution < 1.29 is 0 Å². The van der Waals surface area contributed by atoms with Crippen LogP contribution in [-0.4, -0.2) is 6.54 Å². The fourth-order valence-corrected chi connectivity index (χ4v) is 3.05. The van der Waals surface area contributed by atoms with Crippen LogP contribution >= 0.6 is 15.9 Å². The highest BCUT2D eigenvalue weighted by Crippen LogP contribution is 2.30. The van der Waals surface area contributed by atoms with Gasteiger partial charge >= 0.3 is 0 Å². The zero-order valence-corrected chi connectivity index (χ0v) is 14.7. The highest BCUT2D eigenvalue weighted by atomic mass is 79.9. The lowest BCUT2D eigenvalue weighted by Gasteiger charge is -2.22. The first-order chi connectivity index (χ1) is 10.2. The van der Waals surface area contributed by atoms with Crippen molar-refractivity contribution in [3.63, 3.8) is 0 Å². The summed E-state index contributed by atoms with van der Waals surface area (Å²) in [7, 11) is 0. The molecule has 2 rings (SSSR count). The summed E-state index contributed by atoms with van der Waals surface area (Å²) in [5.74, 6) is 0. The first-order valence-corrected chi connectivity index (χ1v) is 8.53. The minimum absolute atomic E-state index is 0.241. The van der Waals surface area contributed by atoms with Crippen LogP contribution in [0.15, 0.2) is 46.9 Å². The minimum Gasteiger partial charge on any atom is -0.306 e. The summed E-state index contributed by atoms with van der Waals surface area (Å²) in [5, 5.41) is 3.69. The molecule has 0 radical (unpaired) electrons. The molecule has 0 aliphatic heterocycles. The zero-order chi connectivity index (χ0) is 15.2. The standard InChI is InChI=1S/C19H24BrN/c1-4-11-21-19(16-8-6-7-15(5-2)13-16)17-12-14(3)9-10-18(17)20/h6-10,12-13,19,21H,4-5,11H2,1-3H3. The van der Waals surface area contributed by atoms with Crippen molar-refractivity contribution in [1.29, 1.82) is 0 Å². The molecule has 112 valence electrons. The van der Waals surface area contributed by atoms with E-state index in [-0.39, 0.29) is 6.04 Å². The Hall–Kier alpha value is -1.12. The van der Waals surface area contributed by atoms with Crippen molar-refractivity contribution in [1.82, 2.24) is 5.32 Å². The van der Waals surface area contributed by atoms with Crippen LogP contribution in [0, 0.1) is 6.92 Å². The molecule has 2 heteroatoms. The lowest BCUT2D eigenvalue weighted by molar-refractivity contribution is 0.596. The summed E-state index contributed by atoms with van der Waals surface area (Å²) in [6.07, 6.45) is 2.21. The van der Waals surface area contributed by atoms with Gasteiger partial charge in [0.2, 0.25) is 0 Å². The summed E-state index contributed by atoms with van der Waals surface area (Å²) < 4.78 is 1.17. The molecule has 2 aromatic carbocycles. The fraction of sp³-hybridized carbons (Fsp3) is 0.368. The van der Waals surface area contributed by atoms with Crippen LogP contribution in [0.4, 0.5) is 0 Å². The molecule has 0 amide bonds. The van der Waals surface area contributed by atoms with Gasteiger partial charge in [0.25, 0.3) is 0 Å². The molecule has 0 saturated heterocycles. The third kappa shape index (κ3) is 4.18. The van der Waals surface area contributed by atoms with Crippen LogP contribution in [0.25, 0.3) is 0 Å². The van der Waals surface area contributed by atoms with Crippen molar-refractivity contribution in [3.8, 4) is 0 Å². The van der Waals surface area contributed by atoms with Crippen LogP contribution in [0.2, 0.25) is 0 Å². The second-order valence-corrected chi connectivity index (χ2v) is 6.37. The quantitative estimate of drug-likeness (QED) is 0.737. The maximum Gasteiger partial charge on any atom is 0.0588 e. The largest absolute Gasteiger partial charge is 0.306 e. The van der Waals surface area contributed by atoms with Crippen LogP contribution in [0.5, 0.6) is 0 Å². The SMILES string of the molecule is CCCNC(c1cccc(CC)c1)c1cc(C)ccc1Br. The van der Waals surface area contributed by atoms with E-state index in [9.17, 15) is 0 Å². The van der Waals surface area contributed by atoms with Crippen molar-refractivity contribution in [3.05, 3.63) is 69.2 Å². The van der Waals surface area contributed by atoms with E-state index in [0.717, 1.165) is 19.4 Å². The van der Waals surface area contributed by atoms with Gasteiger partial charge in [0.1, 0.15) is 0 Å². The van der Waals surface area contributed by atoms with Crippen molar-refractivity contribution in [2.75, 3.05) is 6.54 Å². The van der Waals surface area contributed by atoms with Gasteiger partial charge in [-0.2, -0.15) is 0 Å². The molecule has 1 N–H and O–H groups in total. The number of rotatable bonds is 6. The monoisotopic (exact) mass is 345 g/mol. The molecule has 21 heavy (non-hydrogen) atoms. The van der Waals surface area contributed by atoms with Crippen LogP contribution < -0.4 is 5.32 Å². The van der Waals surface area contributed by atoms with E-state index in [1.54, 1.807) is 0 Å². The molecule has 0 spiro atoms. The van der Waals surface area contributed by atoms with Crippen molar-refractivity contribution in [2.24, 2.45) is 0 Å². The Balaban J connectivity index is 2.44. The van der Waals surface area contributed by atoms with Gasteiger partial charge in [0.05, 0.1) is 6.04 Å². The van der Waals surface area contributed by atoms with Gasteiger partial charge in [0, 0.05) is 4.47 Å². The van der Waals surface area contributed by atoms with Crippen LogP contribution in [-0.2, 0) is 6.42 Å². The number of aryl methyl sites for hydroxylation is 2. The molecule has 1 unspecified atom stereocenters. The van der Waals surface area contributed by atoms with Gasteiger partial charge in [-0.15, -0.1) is 0 Å². The van der Waals surface area contributed by atoms with Gasteiger partial charge in [-0.05, 0) is 49.1 Å². The van der Waals surface area contributed by atoms with Gasteiger partial charge in [-0.25, -0.2) is 0 Å². The second kappa shape index (κ2) is 7.77. The van der Waals surface area contributed by atoms with Gasteiger partial charge in [0.15, 0.2) is 0 Å². The highest BCUT2D eigenvalue weighted by Gasteiger charge is 2.16. The molecule has 0 bridgehead atoms. The maximum atomic E-state index is 3.72. The van der Waals surface area contributed by atoms with E-state index in [1.807, 2.05) is 0 Å². The minimum atomic E-state index is 0.241. The molecule has 0 saturated carbocycles. The summed E-state index contributed by atoms with van der Waals surface area (Å²) in [6.45, 7) is 7.57. The Bertz CT molecular complexity index is 592. The third-order valence-electron chi connectivity index (χ3n) is 3.75. The van der Waals surface area contributed by atoms with Crippen LogP contribution in [0.1, 0.15) is 48.6 Å². The Labute approximate surface area is 136 Å². The number of benzene rings is 2. The fourth-order valence-electron chi connectivity index (χ4n) is 2.57. The predicted octanol–water partition coefficient (Wildman–Crippen LogP) is 5.41. The first kappa shape index (κ1) is 16.3. The number of hydrogen-bond donors (Lipinski definition) is 1. The van der Waals surface area contributed by atoms with Crippen molar-refractivity contribution >= 4 is 15.9 Å². The van der Waals surface area contributed by atoms with Gasteiger partial charge in [-0.1, -0.05) is 71.7 Å². The molecular formula is C19H24BrN. The summed E-state index contributed by atoms with van der Waals surface area (Å²) in [6, 6.07) is 15.7. The Morgan fingerprint density at radius 2 is 1.90 bits per heavy atom. The van der Waals surface area contributed by atoms with E-state index < -0.39 is 0 Å². The summed E-state index contributed by atoms with van der Waals surface area (Å²) >= 11 is 3.72. The normalized spacial score (nSPS) is 12.4. The molecular weight excluding hydrogens is 322 g/mol. The smallest absolute Gasteiger partial charge is 0.0588 e. The van der Waals surface area contributed by atoms with E-state index in [4.69, 9.17) is 0 Å². The van der Waals surface area contributed by atoms with Crippen molar-refractivity contribution in [2.45, 2.75) is 39.7 Å². The predicted molar refractivity (Wildman–Crippen MR) is 94.8 cm³/mol. The number of nitrogens with one attached hydrogen (secondary N) is 1.